The molecule has 0 radical (unpaired) electrons. The molecule has 322 valence electrons. The van der Waals surface area contributed by atoms with Crippen molar-refractivity contribution in [3.8, 4) is 0 Å². The van der Waals surface area contributed by atoms with E-state index in [0.29, 0.717) is 19.3 Å². The quantitative estimate of drug-likeness (QED) is 0.0327. The summed E-state index contributed by atoms with van der Waals surface area (Å²) in [6, 6.07) is -0.721. The first-order valence-corrected chi connectivity index (χ1v) is 23.2. The van der Waals surface area contributed by atoms with Crippen molar-refractivity contribution in [3.05, 3.63) is 72.9 Å². The summed E-state index contributed by atoms with van der Waals surface area (Å²) in [6.07, 6.45) is 54.0. The van der Waals surface area contributed by atoms with Gasteiger partial charge in [-0.05, 0) is 83.5 Å². The number of esters is 1. The minimum atomic E-state index is -0.804. The maximum atomic E-state index is 13.1. The van der Waals surface area contributed by atoms with E-state index in [1.807, 2.05) is 6.08 Å². The fraction of sp³-hybridized carbons (Fsp3) is 0.720. The second kappa shape index (κ2) is 43.4. The molecule has 3 atom stereocenters. The molecule has 0 heterocycles. The predicted octanol–water partition coefficient (Wildman–Crippen LogP) is 13.4. The Kier molecular flexibility index (Phi) is 41.3. The molecular formula is C50H87NO5. The van der Waals surface area contributed by atoms with Gasteiger partial charge in [-0.3, -0.25) is 9.59 Å². The minimum absolute atomic E-state index is 0.0341. The summed E-state index contributed by atoms with van der Waals surface area (Å²) in [5, 5.41) is 23.6. The van der Waals surface area contributed by atoms with Gasteiger partial charge in [0.15, 0.2) is 0 Å². The number of hydrogen-bond donors (Lipinski definition) is 3. The highest BCUT2D eigenvalue weighted by Gasteiger charge is 2.24. The van der Waals surface area contributed by atoms with Crippen molar-refractivity contribution in [1.29, 1.82) is 0 Å². The Morgan fingerprint density at radius 2 is 0.964 bits per heavy atom. The molecule has 6 heteroatoms. The second-order valence-corrected chi connectivity index (χ2v) is 15.4. The van der Waals surface area contributed by atoms with Gasteiger partial charge in [-0.2, -0.15) is 0 Å². The largest absolute Gasteiger partial charge is 0.462 e. The van der Waals surface area contributed by atoms with Crippen LogP contribution in [0.5, 0.6) is 0 Å². The molecule has 56 heavy (non-hydrogen) atoms. The summed E-state index contributed by atoms with van der Waals surface area (Å²) >= 11 is 0. The number of aliphatic hydroxyl groups excluding tert-OH is 2. The van der Waals surface area contributed by atoms with E-state index in [1.54, 1.807) is 0 Å². The third kappa shape index (κ3) is 38.2. The van der Waals surface area contributed by atoms with E-state index in [-0.39, 0.29) is 31.3 Å². The third-order valence-electron chi connectivity index (χ3n) is 10.0. The first-order valence-electron chi connectivity index (χ1n) is 23.2. The van der Waals surface area contributed by atoms with Crippen molar-refractivity contribution in [2.75, 3.05) is 6.61 Å². The molecule has 0 aromatic carbocycles. The Morgan fingerprint density at radius 1 is 0.536 bits per heavy atom. The lowest BCUT2D eigenvalue weighted by Crippen LogP contribution is -2.46. The van der Waals surface area contributed by atoms with Gasteiger partial charge in [0.05, 0.1) is 25.2 Å². The van der Waals surface area contributed by atoms with Gasteiger partial charge in [0, 0.05) is 6.42 Å². The fourth-order valence-corrected chi connectivity index (χ4v) is 6.53. The zero-order chi connectivity index (χ0) is 41.0. The lowest BCUT2D eigenvalue weighted by Gasteiger charge is -2.24. The molecule has 3 N–H and O–H groups in total. The normalized spacial score (nSPS) is 14.0. The van der Waals surface area contributed by atoms with Gasteiger partial charge in [-0.15, -0.1) is 0 Å². The predicted molar refractivity (Wildman–Crippen MR) is 241 cm³/mol. The fourth-order valence-electron chi connectivity index (χ4n) is 6.53. The summed E-state index contributed by atoms with van der Waals surface area (Å²) in [5.74, 6) is -0.596. The lowest BCUT2D eigenvalue weighted by molar-refractivity contribution is -0.150. The SMILES string of the molecule is CC/C=C/C/C=C/C/C=C/C/C=C/C/C=C/CCC(=O)OC(CCCCC/C=C\CCCCC)CC(=O)NC(CO)C(O)CCCCCCCCCCCCC. The van der Waals surface area contributed by atoms with Gasteiger partial charge >= 0.3 is 5.97 Å². The highest BCUT2D eigenvalue weighted by atomic mass is 16.5. The molecule has 0 saturated heterocycles. The number of carbonyl (C=O) groups is 2. The topological polar surface area (TPSA) is 95.9 Å². The average molecular weight is 782 g/mol. The summed E-state index contributed by atoms with van der Waals surface area (Å²) in [5.41, 5.74) is 0. The zero-order valence-electron chi connectivity index (χ0n) is 36.5. The number of amides is 1. The number of rotatable bonds is 40. The number of hydrogen-bond acceptors (Lipinski definition) is 5. The Labute approximate surface area is 345 Å². The Bertz CT molecular complexity index is 1060. The maximum Gasteiger partial charge on any atom is 0.306 e. The van der Waals surface area contributed by atoms with Crippen LogP contribution >= 0.6 is 0 Å². The number of ether oxygens (including phenoxy) is 1. The molecule has 0 aliphatic carbocycles. The molecule has 0 fully saturated rings. The third-order valence-corrected chi connectivity index (χ3v) is 10.0. The first-order chi connectivity index (χ1) is 27.5. The van der Waals surface area contributed by atoms with Gasteiger partial charge in [-0.1, -0.05) is 184 Å². The van der Waals surface area contributed by atoms with Crippen LogP contribution in [-0.2, 0) is 14.3 Å². The molecule has 0 aromatic rings. The van der Waals surface area contributed by atoms with Gasteiger partial charge in [0.1, 0.15) is 6.10 Å². The number of allylic oxidation sites excluding steroid dienone is 12. The summed E-state index contributed by atoms with van der Waals surface area (Å²) in [4.78, 5) is 25.9. The molecule has 0 aromatic heterocycles. The van der Waals surface area contributed by atoms with E-state index < -0.39 is 18.2 Å². The molecule has 0 bridgehead atoms. The molecule has 3 unspecified atom stereocenters. The molecule has 0 spiro atoms. The minimum Gasteiger partial charge on any atom is -0.462 e. The molecule has 1 amide bonds. The van der Waals surface area contributed by atoms with E-state index >= 15 is 0 Å². The van der Waals surface area contributed by atoms with Crippen LogP contribution in [0.1, 0.15) is 207 Å². The smallest absolute Gasteiger partial charge is 0.306 e. The van der Waals surface area contributed by atoms with Crippen LogP contribution in [0.25, 0.3) is 0 Å². The standard InChI is InChI=1S/C50H87NO5/c1-4-7-10-13-16-19-22-23-24-25-26-28-31-34-37-40-43-50(55)56-46(41-38-35-32-29-21-18-15-12-9-6-3)44-49(54)51-47(45-52)48(53)42-39-36-33-30-27-20-17-14-11-8-5-2/h7,10,16,18-19,21,23-24,26,28,34,37,46-48,52-53H,4-6,8-9,11-15,17,20,22,25,27,29-33,35-36,38-45H2,1-3H3,(H,51,54)/b10-7+,19-16+,21-18-,24-23+,28-26+,37-34+. The number of carbonyl (C=O) groups excluding carboxylic acids is 2. The van der Waals surface area contributed by atoms with Crippen molar-refractivity contribution in [2.24, 2.45) is 0 Å². The number of unbranched alkanes of at least 4 members (excludes halogenated alkanes) is 16. The second-order valence-electron chi connectivity index (χ2n) is 15.4. The van der Waals surface area contributed by atoms with Gasteiger partial charge in [-0.25, -0.2) is 0 Å². The van der Waals surface area contributed by atoms with Crippen LogP contribution in [0.15, 0.2) is 72.9 Å². The van der Waals surface area contributed by atoms with Crippen molar-refractivity contribution >= 4 is 11.9 Å². The van der Waals surface area contributed by atoms with Gasteiger partial charge in [0.25, 0.3) is 0 Å². The van der Waals surface area contributed by atoms with E-state index in [0.717, 1.165) is 83.5 Å². The summed E-state index contributed by atoms with van der Waals surface area (Å²) < 4.78 is 5.85. The monoisotopic (exact) mass is 782 g/mol. The van der Waals surface area contributed by atoms with Crippen LogP contribution in [0, 0.1) is 0 Å². The van der Waals surface area contributed by atoms with E-state index in [4.69, 9.17) is 4.74 Å². The lowest BCUT2D eigenvalue weighted by atomic mass is 10.0. The maximum absolute atomic E-state index is 13.1. The van der Waals surface area contributed by atoms with E-state index in [1.165, 1.54) is 70.6 Å². The highest BCUT2D eigenvalue weighted by molar-refractivity contribution is 5.77. The summed E-state index contributed by atoms with van der Waals surface area (Å²) in [6.45, 7) is 6.29. The molecule has 0 aliphatic heterocycles. The van der Waals surface area contributed by atoms with Crippen molar-refractivity contribution in [3.63, 3.8) is 0 Å². The Balaban J connectivity index is 4.69. The van der Waals surface area contributed by atoms with Crippen molar-refractivity contribution in [1.82, 2.24) is 5.32 Å². The van der Waals surface area contributed by atoms with Gasteiger partial charge in [0.2, 0.25) is 5.91 Å². The summed E-state index contributed by atoms with van der Waals surface area (Å²) in [7, 11) is 0. The highest BCUT2D eigenvalue weighted by Crippen LogP contribution is 2.16. The van der Waals surface area contributed by atoms with Crippen LogP contribution in [0.2, 0.25) is 0 Å². The molecule has 0 rings (SSSR count). The van der Waals surface area contributed by atoms with E-state index in [2.05, 4.69) is 92.9 Å². The Morgan fingerprint density at radius 3 is 1.50 bits per heavy atom. The van der Waals surface area contributed by atoms with Gasteiger partial charge < -0.3 is 20.3 Å². The van der Waals surface area contributed by atoms with Crippen LogP contribution < -0.4 is 5.32 Å². The molecule has 0 aliphatic rings. The Hall–Kier alpha value is -2.70. The van der Waals surface area contributed by atoms with E-state index in [9.17, 15) is 19.8 Å². The van der Waals surface area contributed by atoms with Crippen molar-refractivity contribution in [2.45, 2.75) is 225 Å². The van der Waals surface area contributed by atoms with Crippen LogP contribution in [0.4, 0.5) is 0 Å². The number of nitrogens with one attached hydrogen (secondary N) is 1. The number of aliphatic hydroxyl groups is 2. The van der Waals surface area contributed by atoms with Crippen LogP contribution in [-0.4, -0.2) is 46.9 Å². The first kappa shape index (κ1) is 53.3. The average Bonchev–Trinajstić information content (AvgIpc) is 3.19. The molecule has 6 nitrogen and oxygen atoms in total. The molecular weight excluding hydrogens is 695 g/mol. The van der Waals surface area contributed by atoms with Crippen molar-refractivity contribution < 1.29 is 24.5 Å². The molecule has 0 saturated carbocycles. The van der Waals surface area contributed by atoms with Crippen LogP contribution in [0.3, 0.4) is 0 Å². The zero-order valence-corrected chi connectivity index (χ0v) is 36.5.